The molecule has 6 heteroatoms. The summed E-state index contributed by atoms with van der Waals surface area (Å²) in [6.45, 7) is 0. The molecule has 0 N–H and O–H groups in total. The molecule has 0 bridgehead atoms. The number of methoxy groups -OCH3 is 1. The summed E-state index contributed by atoms with van der Waals surface area (Å²) in [4.78, 5) is 13.9. The summed E-state index contributed by atoms with van der Waals surface area (Å²) in [5.41, 5.74) is 0.595. The van der Waals surface area contributed by atoms with E-state index in [4.69, 9.17) is 9.15 Å². The van der Waals surface area contributed by atoms with Crippen molar-refractivity contribution >= 4 is 5.69 Å². The molecule has 2 aromatic rings. The van der Waals surface area contributed by atoms with E-state index in [-0.39, 0.29) is 11.8 Å². The number of nitro benzene ring substituents is 1. The number of benzene rings is 1. The first kappa shape index (κ1) is 10.2. The third-order valence-electron chi connectivity index (χ3n) is 2.00. The largest absolute Gasteiger partial charge is 0.454 e. The zero-order valence-corrected chi connectivity index (χ0v) is 8.41. The average Bonchev–Trinajstić information content (AvgIpc) is 2.77. The van der Waals surface area contributed by atoms with E-state index >= 15 is 0 Å². The van der Waals surface area contributed by atoms with Crippen molar-refractivity contribution in [2.24, 2.45) is 0 Å². The van der Waals surface area contributed by atoms with E-state index in [9.17, 15) is 10.1 Å². The molecule has 6 nitrogen and oxygen atoms in total. The van der Waals surface area contributed by atoms with Crippen LogP contribution < -0.4 is 4.74 Å². The minimum absolute atomic E-state index is 0.00728. The number of nitro groups is 1. The van der Waals surface area contributed by atoms with Gasteiger partial charge in [-0.3, -0.25) is 10.1 Å². The molecule has 0 saturated carbocycles. The molecule has 0 radical (unpaired) electrons. The van der Waals surface area contributed by atoms with E-state index in [0.717, 1.165) is 0 Å². The van der Waals surface area contributed by atoms with Gasteiger partial charge >= 0.3 is 6.08 Å². The van der Waals surface area contributed by atoms with Crippen LogP contribution in [0.1, 0.15) is 0 Å². The first-order chi connectivity index (χ1) is 7.70. The van der Waals surface area contributed by atoms with E-state index in [2.05, 4.69) is 4.98 Å². The van der Waals surface area contributed by atoms with Crippen LogP contribution in [0.5, 0.6) is 6.08 Å². The second-order valence-corrected chi connectivity index (χ2v) is 3.00. The molecule has 16 heavy (non-hydrogen) atoms. The predicted octanol–water partition coefficient (Wildman–Crippen LogP) is 2.26. The van der Waals surface area contributed by atoms with Crippen molar-refractivity contribution < 1.29 is 14.1 Å². The lowest BCUT2D eigenvalue weighted by molar-refractivity contribution is -0.384. The van der Waals surface area contributed by atoms with Crippen molar-refractivity contribution in [1.29, 1.82) is 0 Å². The van der Waals surface area contributed by atoms with Gasteiger partial charge in [0.2, 0.25) is 0 Å². The molecule has 1 heterocycles. The fourth-order valence-corrected chi connectivity index (χ4v) is 1.26. The number of non-ortho nitro benzene ring substituents is 1. The lowest BCUT2D eigenvalue weighted by Crippen LogP contribution is -1.87. The van der Waals surface area contributed by atoms with Crippen molar-refractivity contribution in [2.75, 3.05) is 7.11 Å². The molecule has 2 rings (SSSR count). The Morgan fingerprint density at radius 2 is 2.31 bits per heavy atom. The SMILES string of the molecule is COc1ncc(-c2cccc([N+](=O)[O-])c2)o1. The summed E-state index contributed by atoms with van der Waals surface area (Å²) < 4.78 is 9.98. The Hall–Kier alpha value is -2.37. The molecule has 0 saturated heterocycles. The number of aromatic nitrogens is 1. The smallest absolute Gasteiger partial charge is 0.393 e. The van der Waals surface area contributed by atoms with Crippen LogP contribution in [0, 0.1) is 10.1 Å². The highest BCUT2D eigenvalue weighted by molar-refractivity contribution is 5.60. The highest BCUT2D eigenvalue weighted by atomic mass is 16.6. The molecule has 0 amide bonds. The van der Waals surface area contributed by atoms with E-state index in [1.807, 2.05) is 0 Å². The number of nitrogens with zero attached hydrogens (tertiary/aromatic N) is 2. The third-order valence-corrected chi connectivity index (χ3v) is 2.00. The van der Waals surface area contributed by atoms with Crippen molar-refractivity contribution in [3.63, 3.8) is 0 Å². The van der Waals surface area contributed by atoms with Crippen LogP contribution in [0.15, 0.2) is 34.9 Å². The number of oxazole rings is 1. The van der Waals surface area contributed by atoms with Crippen LogP contribution in [0.3, 0.4) is 0 Å². The van der Waals surface area contributed by atoms with Gasteiger partial charge in [0.15, 0.2) is 5.76 Å². The molecular formula is C10H8N2O4. The Morgan fingerprint density at radius 1 is 1.50 bits per heavy atom. The maximum atomic E-state index is 10.6. The van der Waals surface area contributed by atoms with E-state index in [1.165, 1.54) is 25.4 Å². The number of rotatable bonds is 3. The normalized spacial score (nSPS) is 10.1. The average molecular weight is 220 g/mol. The molecule has 0 aliphatic carbocycles. The van der Waals surface area contributed by atoms with Gasteiger partial charge in [0.05, 0.1) is 18.2 Å². The van der Waals surface area contributed by atoms with Gasteiger partial charge in [-0.15, -0.1) is 0 Å². The molecule has 0 atom stereocenters. The van der Waals surface area contributed by atoms with Crippen molar-refractivity contribution in [1.82, 2.24) is 4.98 Å². The molecular weight excluding hydrogens is 212 g/mol. The van der Waals surface area contributed by atoms with Crippen molar-refractivity contribution in [3.8, 4) is 17.4 Å². The fourth-order valence-electron chi connectivity index (χ4n) is 1.26. The molecule has 0 unspecified atom stereocenters. The van der Waals surface area contributed by atoms with Gasteiger partial charge in [-0.2, -0.15) is 4.98 Å². The summed E-state index contributed by atoms with van der Waals surface area (Å²) in [5.74, 6) is 0.431. The van der Waals surface area contributed by atoms with Gasteiger partial charge < -0.3 is 9.15 Å². The minimum atomic E-state index is -0.461. The summed E-state index contributed by atoms with van der Waals surface area (Å²) in [6.07, 6.45) is 1.58. The molecule has 1 aromatic heterocycles. The first-order valence-corrected chi connectivity index (χ1v) is 4.45. The summed E-state index contributed by atoms with van der Waals surface area (Å²) in [7, 11) is 1.43. The Kier molecular flexibility index (Phi) is 2.55. The molecule has 0 aliphatic rings. The molecule has 0 spiro atoms. The predicted molar refractivity (Wildman–Crippen MR) is 55.1 cm³/mol. The van der Waals surface area contributed by atoms with E-state index in [1.54, 1.807) is 12.1 Å². The van der Waals surface area contributed by atoms with Crippen LogP contribution >= 0.6 is 0 Å². The fraction of sp³-hybridized carbons (Fsp3) is 0.100. The topological polar surface area (TPSA) is 78.4 Å². The molecule has 0 aliphatic heterocycles. The molecule has 1 aromatic carbocycles. The standard InChI is InChI=1S/C10H8N2O4/c1-15-10-11-6-9(16-10)7-3-2-4-8(5-7)12(13)14/h2-6H,1H3. The summed E-state index contributed by atoms with van der Waals surface area (Å²) in [6, 6.07) is 6.12. The lowest BCUT2D eigenvalue weighted by atomic mass is 10.2. The number of hydrogen-bond acceptors (Lipinski definition) is 5. The molecule has 0 fully saturated rings. The van der Waals surface area contributed by atoms with E-state index in [0.29, 0.717) is 11.3 Å². The second-order valence-electron chi connectivity index (χ2n) is 3.00. The monoisotopic (exact) mass is 220 g/mol. The lowest BCUT2D eigenvalue weighted by Gasteiger charge is -1.95. The van der Waals surface area contributed by atoms with Gasteiger partial charge in [0.1, 0.15) is 0 Å². The minimum Gasteiger partial charge on any atom is -0.454 e. The second kappa shape index (κ2) is 4.01. The van der Waals surface area contributed by atoms with Crippen molar-refractivity contribution in [3.05, 3.63) is 40.6 Å². The molecule has 82 valence electrons. The number of ether oxygens (including phenoxy) is 1. The van der Waals surface area contributed by atoms with Gasteiger partial charge in [-0.05, 0) is 0 Å². The van der Waals surface area contributed by atoms with Crippen molar-refractivity contribution in [2.45, 2.75) is 0 Å². The third kappa shape index (κ3) is 1.85. The first-order valence-electron chi connectivity index (χ1n) is 4.45. The van der Waals surface area contributed by atoms with E-state index < -0.39 is 4.92 Å². The maximum absolute atomic E-state index is 10.6. The Morgan fingerprint density at radius 3 is 2.94 bits per heavy atom. The van der Waals surface area contributed by atoms with Crippen LogP contribution in [0.25, 0.3) is 11.3 Å². The quantitative estimate of drug-likeness (QED) is 0.585. The van der Waals surface area contributed by atoms with Gasteiger partial charge in [0.25, 0.3) is 5.69 Å². The van der Waals surface area contributed by atoms with Crippen LogP contribution in [0.2, 0.25) is 0 Å². The zero-order chi connectivity index (χ0) is 11.5. The highest BCUT2D eigenvalue weighted by Gasteiger charge is 2.10. The zero-order valence-electron chi connectivity index (χ0n) is 8.41. The summed E-state index contributed by atoms with van der Waals surface area (Å²) in [5, 5.41) is 10.6. The Labute approximate surface area is 90.6 Å². The van der Waals surface area contributed by atoms with Crippen LogP contribution in [-0.2, 0) is 0 Å². The van der Waals surface area contributed by atoms with Gasteiger partial charge in [-0.25, -0.2) is 0 Å². The van der Waals surface area contributed by atoms with Crippen LogP contribution in [0.4, 0.5) is 5.69 Å². The maximum Gasteiger partial charge on any atom is 0.393 e. The Bertz CT molecular complexity index is 521. The summed E-state index contributed by atoms with van der Waals surface area (Å²) >= 11 is 0. The van der Waals surface area contributed by atoms with Gasteiger partial charge in [-0.1, -0.05) is 12.1 Å². The Balaban J connectivity index is 2.40. The van der Waals surface area contributed by atoms with Gasteiger partial charge in [0, 0.05) is 17.7 Å². The number of hydrogen-bond donors (Lipinski definition) is 0. The highest BCUT2D eigenvalue weighted by Crippen LogP contribution is 2.26. The van der Waals surface area contributed by atoms with Crippen LogP contribution in [-0.4, -0.2) is 17.0 Å².